The molecular formula is C10H16N2. The summed E-state index contributed by atoms with van der Waals surface area (Å²) in [6.07, 6.45) is 4.81. The molecule has 0 bridgehead atoms. The fraction of sp³-hybridized carbons (Fsp3) is 0.500. The third kappa shape index (κ3) is 2.31. The summed E-state index contributed by atoms with van der Waals surface area (Å²) in [7, 11) is 0. The van der Waals surface area contributed by atoms with E-state index < -0.39 is 0 Å². The number of nitrogens with one attached hydrogen (secondary N) is 1. The van der Waals surface area contributed by atoms with Gasteiger partial charge in [0.15, 0.2) is 0 Å². The summed E-state index contributed by atoms with van der Waals surface area (Å²) in [6, 6.07) is 4.62. The lowest BCUT2D eigenvalue weighted by molar-refractivity contribution is 0.537. The Morgan fingerprint density at radius 1 is 1.33 bits per heavy atom. The Labute approximate surface area is 74.0 Å². The third-order valence-corrected chi connectivity index (χ3v) is 1.97. The monoisotopic (exact) mass is 164 g/mol. The number of pyridine rings is 1. The van der Waals surface area contributed by atoms with Crippen LogP contribution in [0.3, 0.4) is 0 Å². The van der Waals surface area contributed by atoms with Crippen molar-refractivity contribution in [3.8, 4) is 0 Å². The van der Waals surface area contributed by atoms with Crippen molar-refractivity contribution in [1.82, 2.24) is 10.3 Å². The lowest BCUT2D eigenvalue weighted by Crippen LogP contribution is -2.19. The summed E-state index contributed by atoms with van der Waals surface area (Å²) < 4.78 is 0. The minimum absolute atomic E-state index is 0.484. The maximum Gasteiger partial charge on any atom is 0.0318 e. The molecule has 0 radical (unpaired) electrons. The highest BCUT2D eigenvalue weighted by molar-refractivity contribution is 5.14. The predicted molar refractivity (Wildman–Crippen MR) is 50.9 cm³/mol. The zero-order chi connectivity index (χ0) is 8.81. The molecule has 0 spiro atoms. The average molecular weight is 164 g/mol. The molecule has 0 aliphatic rings. The van der Waals surface area contributed by atoms with Crippen molar-refractivity contribution in [2.45, 2.75) is 26.3 Å². The van der Waals surface area contributed by atoms with Crippen LogP contribution in [0.1, 0.15) is 31.9 Å². The Hall–Kier alpha value is -0.890. The molecule has 1 rings (SSSR count). The van der Waals surface area contributed by atoms with Gasteiger partial charge in [-0.05, 0) is 30.7 Å². The normalized spacial score (nSPS) is 12.8. The SMILES string of the molecule is CCN[C@H](CC)c1ccncc1. The van der Waals surface area contributed by atoms with Gasteiger partial charge < -0.3 is 5.32 Å². The maximum absolute atomic E-state index is 3.99. The van der Waals surface area contributed by atoms with Gasteiger partial charge in [0.2, 0.25) is 0 Å². The molecule has 0 saturated heterocycles. The van der Waals surface area contributed by atoms with Crippen LogP contribution in [0.15, 0.2) is 24.5 Å². The summed E-state index contributed by atoms with van der Waals surface area (Å²) in [5.74, 6) is 0. The van der Waals surface area contributed by atoms with Crippen molar-refractivity contribution < 1.29 is 0 Å². The molecule has 0 unspecified atom stereocenters. The average Bonchev–Trinajstić information content (AvgIpc) is 2.15. The summed E-state index contributed by atoms with van der Waals surface area (Å²) in [5, 5.41) is 3.42. The van der Waals surface area contributed by atoms with Crippen molar-refractivity contribution >= 4 is 0 Å². The minimum atomic E-state index is 0.484. The molecule has 1 aromatic rings. The van der Waals surface area contributed by atoms with Gasteiger partial charge in [0.05, 0.1) is 0 Å². The molecule has 0 saturated carbocycles. The van der Waals surface area contributed by atoms with E-state index in [0.29, 0.717) is 6.04 Å². The predicted octanol–water partition coefficient (Wildman–Crippen LogP) is 2.14. The lowest BCUT2D eigenvalue weighted by Gasteiger charge is -2.15. The topological polar surface area (TPSA) is 24.9 Å². The highest BCUT2D eigenvalue weighted by Crippen LogP contribution is 2.14. The van der Waals surface area contributed by atoms with Crippen molar-refractivity contribution in [1.29, 1.82) is 0 Å². The highest BCUT2D eigenvalue weighted by Gasteiger charge is 2.05. The van der Waals surface area contributed by atoms with E-state index in [0.717, 1.165) is 13.0 Å². The van der Waals surface area contributed by atoms with Crippen LogP contribution in [0.4, 0.5) is 0 Å². The molecule has 2 heteroatoms. The number of nitrogens with zero attached hydrogens (tertiary/aromatic N) is 1. The Morgan fingerprint density at radius 2 is 2.00 bits per heavy atom. The summed E-state index contributed by atoms with van der Waals surface area (Å²) >= 11 is 0. The second-order valence-electron chi connectivity index (χ2n) is 2.80. The van der Waals surface area contributed by atoms with E-state index in [2.05, 4.69) is 36.3 Å². The van der Waals surface area contributed by atoms with Crippen LogP contribution >= 0.6 is 0 Å². The van der Waals surface area contributed by atoms with E-state index in [-0.39, 0.29) is 0 Å². The van der Waals surface area contributed by atoms with E-state index in [1.165, 1.54) is 5.56 Å². The van der Waals surface area contributed by atoms with Gasteiger partial charge in [-0.2, -0.15) is 0 Å². The van der Waals surface area contributed by atoms with Gasteiger partial charge in [-0.25, -0.2) is 0 Å². The molecular weight excluding hydrogens is 148 g/mol. The van der Waals surface area contributed by atoms with Crippen LogP contribution in [0, 0.1) is 0 Å². The fourth-order valence-corrected chi connectivity index (χ4v) is 1.34. The van der Waals surface area contributed by atoms with E-state index in [9.17, 15) is 0 Å². The number of hydrogen-bond donors (Lipinski definition) is 1. The number of aromatic nitrogens is 1. The third-order valence-electron chi connectivity index (χ3n) is 1.97. The van der Waals surface area contributed by atoms with Gasteiger partial charge in [-0.1, -0.05) is 13.8 Å². The first-order valence-electron chi connectivity index (χ1n) is 4.51. The molecule has 0 aliphatic heterocycles. The Morgan fingerprint density at radius 3 is 2.50 bits per heavy atom. The van der Waals surface area contributed by atoms with E-state index >= 15 is 0 Å². The smallest absolute Gasteiger partial charge is 0.0318 e. The van der Waals surface area contributed by atoms with E-state index in [1.807, 2.05) is 12.4 Å². The van der Waals surface area contributed by atoms with Crippen molar-refractivity contribution in [3.05, 3.63) is 30.1 Å². The molecule has 1 N–H and O–H groups in total. The first-order valence-corrected chi connectivity index (χ1v) is 4.51. The van der Waals surface area contributed by atoms with Crippen LogP contribution in [-0.2, 0) is 0 Å². The first kappa shape index (κ1) is 9.20. The van der Waals surface area contributed by atoms with Gasteiger partial charge in [-0.15, -0.1) is 0 Å². The second kappa shape index (κ2) is 4.88. The van der Waals surface area contributed by atoms with Crippen LogP contribution < -0.4 is 5.32 Å². The standard InChI is InChI=1S/C10H16N2/c1-3-10(12-4-2)9-5-7-11-8-6-9/h5-8,10,12H,3-4H2,1-2H3/t10-/m1/s1. The minimum Gasteiger partial charge on any atom is -0.310 e. The van der Waals surface area contributed by atoms with Gasteiger partial charge in [0, 0.05) is 18.4 Å². The Kier molecular flexibility index (Phi) is 3.74. The largest absolute Gasteiger partial charge is 0.310 e. The molecule has 0 aliphatic carbocycles. The second-order valence-corrected chi connectivity index (χ2v) is 2.80. The van der Waals surface area contributed by atoms with E-state index in [1.54, 1.807) is 0 Å². The molecule has 0 aromatic carbocycles. The van der Waals surface area contributed by atoms with E-state index in [4.69, 9.17) is 0 Å². The molecule has 0 fully saturated rings. The van der Waals surface area contributed by atoms with Crippen LogP contribution in [-0.4, -0.2) is 11.5 Å². The molecule has 0 amide bonds. The number of rotatable bonds is 4. The van der Waals surface area contributed by atoms with Crippen molar-refractivity contribution in [3.63, 3.8) is 0 Å². The van der Waals surface area contributed by atoms with Gasteiger partial charge >= 0.3 is 0 Å². The van der Waals surface area contributed by atoms with Gasteiger partial charge in [0.25, 0.3) is 0 Å². The van der Waals surface area contributed by atoms with Crippen LogP contribution in [0.25, 0.3) is 0 Å². The Bertz CT molecular complexity index is 208. The van der Waals surface area contributed by atoms with Crippen LogP contribution in [0.5, 0.6) is 0 Å². The maximum atomic E-state index is 3.99. The Balaban J connectivity index is 2.66. The summed E-state index contributed by atoms with van der Waals surface area (Å²) in [5.41, 5.74) is 1.33. The summed E-state index contributed by atoms with van der Waals surface area (Å²) in [4.78, 5) is 3.99. The summed E-state index contributed by atoms with van der Waals surface area (Å²) in [6.45, 7) is 5.33. The lowest BCUT2D eigenvalue weighted by atomic mass is 10.1. The molecule has 12 heavy (non-hydrogen) atoms. The highest BCUT2D eigenvalue weighted by atomic mass is 14.9. The molecule has 66 valence electrons. The van der Waals surface area contributed by atoms with Gasteiger partial charge in [0.1, 0.15) is 0 Å². The van der Waals surface area contributed by atoms with Gasteiger partial charge in [-0.3, -0.25) is 4.98 Å². The molecule has 1 aromatic heterocycles. The van der Waals surface area contributed by atoms with Crippen LogP contribution in [0.2, 0.25) is 0 Å². The number of hydrogen-bond acceptors (Lipinski definition) is 2. The fourth-order valence-electron chi connectivity index (χ4n) is 1.34. The first-order chi connectivity index (χ1) is 5.88. The zero-order valence-electron chi connectivity index (χ0n) is 7.75. The van der Waals surface area contributed by atoms with Crippen molar-refractivity contribution in [2.24, 2.45) is 0 Å². The molecule has 2 nitrogen and oxygen atoms in total. The zero-order valence-corrected chi connectivity index (χ0v) is 7.75. The van der Waals surface area contributed by atoms with Crippen molar-refractivity contribution in [2.75, 3.05) is 6.54 Å². The molecule has 1 heterocycles. The molecule has 1 atom stereocenters. The quantitative estimate of drug-likeness (QED) is 0.737.